The summed E-state index contributed by atoms with van der Waals surface area (Å²) in [7, 11) is 0. The number of fused-ring (bicyclic) bond motifs is 7. The zero-order valence-corrected chi connectivity index (χ0v) is 24.8. The van der Waals surface area contributed by atoms with Gasteiger partial charge in [0.05, 0.1) is 29.5 Å². The summed E-state index contributed by atoms with van der Waals surface area (Å²) in [5.74, 6) is 0. The molecule has 5 heteroatoms. The van der Waals surface area contributed by atoms with Crippen molar-refractivity contribution in [1.82, 2.24) is 20.5 Å². The lowest BCUT2D eigenvalue weighted by molar-refractivity contribution is 0.203. The van der Waals surface area contributed by atoms with Crippen LogP contribution in [0.15, 0.2) is 146 Å². The lowest BCUT2D eigenvalue weighted by Crippen LogP contribution is -2.54. The molecule has 6 aromatic carbocycles. The Bertz CT molecular complexity index is 2220. The van der Waals surface area contributed by atoms with Crippen molar-refractivity contribution in [2.24, 2.45) is 0 Å². The van der Waals surface area contributed by atoms with Crippen LogP contribution in [0.4, 0.5) is 0 Å². The highest BCUT2D eigenvalue weighted by Crippen LogP contribution is 2.43. The van der Waals surface area contributed by atoms with Crippen LogP contribution in [0.2, 0.25) is 0 Å². The van der Waals surface area contributed by atoms with Gasteiger partial charge in [-0.3, -0.25) is 16.0 Å². The first-order valence-electron chi connectivity index (χ1n) is 15.1. The fourth-order valence-corrected chi connectivity index (χ4v) is 8.10. The van der Waals surface area contributed by atoms with Gasteiger partial charge >= 0.3 is 0 Å². The summed E-state index contributed by atoms with van der Waals surface area (Å²) >= 11 is 1.90. The van der Waals surface area contributed by atoms with Crippen molar-refractivity contribution in [1.29, 1.82) is 0 Å². The van der Waals surface area contributed by atoms with Crippen molar-refractivity contribution in [2.75, 3.05) is 0 Å². The summed E-state index contributed by atoms with van der Waals surface area (Å²) in [4.78, 5) is 0. The van der Waals surface area contributed by atoms with Crippen LogP contribution in [-0.4, -0.2) is 4.57 Å². The minimum absolute atomic E-state index is 0.00777. The topological polar surface area (TPSA) is 41.0 Å². The summed E-state index contributed by atoms with van der Waals surface area (Å²) in [6, 6.07) is 52.4. The van der Waals surface area contributed by atoms with Crippen LogP contribution in [0.5, 0.6) is 0 Å². The predicted molar refractivity (Wildman–Crippen MR) is 184 cm³/mol. The summed E-state index contributed by atoms with van der Waals surface area (Å²) in [5, 5.41) is 16.7. The minimum Gasteiger partial charge on any atom is -0.309 e. The highest BCUT2D eigenvalue weighted by molar-refractivity contribution is 7.26. The zero-order chi connectivity index (χ0) is 29.0. The largest absolute Gasteiger partial charge is 0.309 e. The number of aromatic nitrogens is 1. The molecule has 212 valence electrons. The molecule has 2 aromatic heterocycles. The van der Waals surface area contributed by atoms with E-state index in [4.69, 9.17) is 0 Å². The van der Waals surface area contributed by atoms with Crippen LogP contribution in [0.3, 0.4) is 0 Å². The lowest BCUT2D eigenvalue weighted by atomic mass is 10.0. The monoisotopic (exact) mass is 586 g/mol. The van der Waals surface area contributed by atoms with Gasteiger partial charge in [0.1, 0.15) is 0 Å². The Hall–Kier alpha value is -4.78. The van der Waals surface area contributed by atoms with Gasteiger partial charge in [-0.15, -0.1) is 11.3 Å². The third kappa shape index (κ3) is 4.17. The number of hydrogen-bond acceptors (Lipinski definition) is 4. The standard InChI is InChI=1S/C39H30N4S/c1-3-11-25(12-4-1)37-40-38(26-13-5-2-6-14-26)42-39(41-37)27-19-21-28(22-20-27)43-32-17-9-7-16-31(32)35-33(43)24-23-30-29-15-8-10-18-34(29)44-36(30)35/h1-24,37-42H. The molecule has 2 atom stereocenters. The van der Waals surface area contributed by atoms with Gasteiger partial charge in [-0.2, -0.15) is 0 Å². The maximum atomic E-state index is 3.80. The molecule has 8 aromatic rings. The lowest BCUT2D eigenvalue weighted by Gasteiger charge is -2.39. The fourth-order valence-electron chi connectivity index (χ4n) is 6.84. The van der Waals surface area contributed by atoms with Gasteiger partial charge in [0.15, 0.2) is 0 Å². The second kappa shape index (κ2) is 10.4. The molecule has 9 rings (SSSR count). The Morgan fingerprint density at radius 1 is 0.432 bits per heavy atom. The quantitative estimate of drug-likeness (QED) is 0.192. The first-order valence-corrected chi connectivity index (χ1v) is 16.0. The van der Waals surface area contributed by atoms with E-state index in [2.05, 4.69) is 166 Å². The predicted octanol–water partition coefficient (Wildman–Crippen LogP) is 9.33. The van der Waals surface area contributed by atoms with E-state index >= 15 is 0 Å². The van der Waals surface area contributed by atoms with Gasteiger partial charge in [-0.05, 0) is 47.0 Å². The molecule has 0 amide bonds. The Balaban J connectivity index is 1.13. The molecular formula is C39H30N4S. The molecule has 3 N–H and O–H groups in total. The van der Waals surface area contributed by atoms with Crippen molar-refractivity contribution < 1.29 is 0 Å². The van der Waals surface area contributed by atoms with Gasteiger partial charge in [0, 0.05) is 36.6 Å². The maximum Gasteiger partial charge on any atom is 0.0864 e. The van der Waals surface area contributed by atoms with Crippen molar-refractivity contribution in [2.45, 2.75) is 18.5 Å². The van der Waals surface area contributed by atoms with Crippen LogP contribution in [0.25, 0.3) is 47.7 Å². The van der Waals surface area contributed by atoms with E-state index < -0.39 is 0 Å². The number of para-hydroxylation sites is 1. The zero-order valence-electron chi connectivity index (χ0n) is 23.9. The van der Waals surface area contributed by atoms with Gasteiger partial charge in [-0.25, -0.2) is 0 Å². The van der Waals surface area contributed by atoms with Crippen LogP contribution in [0.1, 0.15) is 35.2 Å². The summed E-state index contributed by atoms with van der Waals surface area (Å²) in [6.07, 6.45) is -0.0150. The average Bonchev–Trinajstić information content (AvgIpc) is 3.65. The molecule has 3 heterocycles. The van der Waals surface area contributed by atoms with Gasteiger partial charge in [0.25, 0.3) is 0 Å². The molecule has 0 aliphatic carbocycles. The molecule has 0 saturated carbocycles. The van der Waals surface area contributed by atoms with E-state index in [1.165, 1.54) is 58.7 Å². The molecule has 0 spiro atoms. The first kappa shape index (κ1) is 25.7. The molecule has 1 aliphatic heterocycles. The molecule has 1 fully saturated rings. The number of hydrogen-bond donors (Lipinski definition) is 3. The first-order chi connectivity index (χ1) is 21.8. The normalized spacial score (nSPS) is 18.9. The van der Waals surface area contributed by atoms with Crippen LogP contribution >= 0.6 is 11.3 Å². The van der Waals surface area contributed by atoms with Gasteiger partial charge in [0.2, 0.25) is 0 Å². The van der Waals surface area contributed by atoms with Crippen molar-refractivity contribution >= 4 is 53.3 Å². The highest BCUT2D eigenvalue weighted by atomic mass is 32.1. The summed E-state index contributed by atoms with van der Waals surface area (Å²) < 4.78 is 5.11. The minimum atomic E-state index is -0.0305. The number of thiophene rings is 1. The fraction of sp³-hybridized carbons (Fsp3) is 0.0769. The molecule has 1 saturated heterocycles. The van der Waals surface area contributed by atoms with E-state index in [1.54, 1.807) is 0 Å². The Morgan fingerprint density at radius 2 is 0.977 bits per heavy atom. The van der Waals surface area contributed by atoms with Gasteiger partial charge in [-0.1, -0.05) is 115 Å². The molecule has 4 nitrogen and oxygen atoms in total. The van der Waals surface area contributed by atoms with Crippen LogP contribution in [0, 0.1) is 0 Å². The van der Waals surface area contributed by atoms with E-state index in [0.717, 1.165) is 5.69 Å². The van der Waals surface area contributed by atoms with Crippen molar-refractivity contribution in [3.05, 3.63) is 162 Å². The number of nitrogens with zero attached hydrogens (tertiary/aromatic N) is 1. The third-order valence-corrected chi connectivity index (χ3v) is 10.1. The second-order valence-electron chi connectivity index (χ2n) is 11.5. The number of rotatable bonds is 4. The second-order valence-corrected chi connectivity index (χ2v) is 12.6. The molecular weight excluding hydrogens is 557 g/mol. The van der Waals surface area contributed by atoms with Crippen LogP contribution < -0.4 is 16.0 Å². The SMILES string of the molecule is c1ccc(C2NC(c3ccccc3)NC(c3ccc(-n4c5ccccc5c5c6sc7ccccc7c6ccc54)cc3)N2)cc1. The van der Waals surface area contributed by atoms with Crippen LogP contribution in [-0.2, 0) is 0 Å². The molecule has 0 radical (unpaired) electrons. The molecule has 0 bridgehead atoms. The maximum absolute atomic E-state index is 3.80. The molecule has 2 unspecified atom stereocenters. The smallest absolute Gasteiger partial charge is 0.0864 e. The van der Waals surface area contributed by atoms with Crippen molar-refractivity contribution in [3.63, 3.8) is 0 Å². The third-order valence-electron chi connectivity index (χ3n) is 8.93. The molecule has 44 heavy (non-hydrogen) atoms. The van der Waals surface area contributed by atoms with E-state index in [1.807, 2.05) is 11.3 Å². The Morgan fingerprint density at radius 3 is 1.64 bits per heavy atom. The van der Waals surface area contributed by atoms with Crippen molar-refractivity contribution in [3.8, 4) is 5.69 Å². The average molecular weight is 587 g/mol. The van der Waals surface area contributed by atoms with Gasteiger partial charge < -0.3 is 4.57 Å². The number of benzene rings is 6. The Kier molecular flexibility index (Phi) is 6.10. The van der Waals surface area contributed by atoms with E-state index in [9.17, 15) is 0 Å². The van der Waals surface area contributed by atoms with E-state index in [-0.39, 0.29) is 18.5 Å². The summed E-state index contributed by atoms with van der Waals surface area (Å²) in [6.45, 7) is 0. The Labute approximate surface area is 259 Å². The van der Waals surface area contributed by atoms with E-state index in [0.29, 0.717) is 0 Å². The number of nitrogens with one attached hydrogen (secondary N) is 3. The highest BCUT2D eigenvalue weighted by Gasteiger charge is 2.29. The summed E-state index contributed by atoms with van der Waals surface area (Å²) in [5.41, 5.74) is 7.26. The molecule has 1 aliphatic rings.